The molecule has 0 saturated carbocycles. The van der Waals surface area contributed by atoms with Crippen molar-refractivity contribution in [3.05, 3.63) is 0 Å². The van der Waals surface area contributed by atoms with Crippen molar-refractivity contribution in [2.75, 3.05) is 26.7 Å². The largest absolute Gasteiger partial charge is 0.395 e. The van der Waals surface area contributed by atoms with E-state index < -0.39 is 15.3 Å². The summed E-state index contributed by atoms with van der Waals surface area (Å²) >= 11 is 0. The number of aliphatic hydroxyl groups excluding tert-OH is 1. The van der Waals surface area contributed by atoms with Gasteiger partial charge in [0.05, 0.1) is 11.9 Å². The van der Waals surface area contributed by atoms with Crippen LogP contribution in [0.2, 0.25) is 0 Å². The molecule has 5 nitrogen and oxygen atoms in total. The van der Waals surface area contributed by atoms with Crippen LogP contribution in [0.25, 0.3) is 0 Å². The number of likely N-dealkylation sites (N-methyl/N-ethyl adjacent to an activating group) is 1. The predicted octanol–water partition coefficient (Wildman–Crippen LogP) is -0.373. The molecule has 0 bridgehead atoms. The molecular formula is C9H22N2O3S. The average molecular weight is 238 g/mol. The molecule has 92 valence electrons. The van der Waals surface area contributed by atoms with Crippen LogP contribution >= 0.6 is 0 Å². The number of hydrogen-bond donors (Lipinski definition) is 2. The molecule has 0 aromatic carbocycles. The molecule has 0 fully saturated rings. The second-order valence-corrected chi connectivity index (χ2v) is 6.19. The predicted molar refractivity (Wildman–Crippen MR) is 61.2 cm³/mol. The van der Waals surface area contributed by atoms with Crippen LogP contribution in [0.1, 0.15) is 20.8 Å². The lowest BCUT2D eigenvalue weighted by molar-refractivity contribution is 0.277. The van der Waals surface area contributed by atoms with Gasteiger partial charge >= 0.3 is 0 Å². The molecule has 15 heavy (non-hydrogen) atoms. The molecule has 0 aromatic heterocycles. The van der Waals surface area contributed by atoms with Gasteiger partial charge in [0.2, 0.25) is 10.0 Å². The van der Waals surface area contributed by atoms with Gasteiger partial charge in [-0.2, -0.15) is 0 Å². The van der Waals surface area contributed by atoms with Crippen LogP contribution in [0.4, 0.5) is 0 Å². The third-order valence-electron chi connectivity index (χ3n) is 2.44. The molecule has 0 heterocycles. The monoisotopic (exact) mass is 238 g/mol. The summed E-state index contributed by atoms with van der Waals surface area (Å²) in [6.45, 7) is 6.26. The Bertz CT molecular complexity index is 265. The molecule has 0 rings (SSSR count). The van der Waals surface area contributed by atoms with E-state index in [1.165, 1.54) is 6.92 Å². The summed E-state index contributed by atoms with van der Waals surface area (Å²) in [6.07, 6.45) is 0. The first kappa shape index (κ1) is 14.8. The van der Waals surface area contributed by atoms with Crippen molar-refractivity contribution < 1.29 is 13.5 Å². The van der Waals surface area contributed by atoms with Crippen LogP contribution in [-0.4, -0.2) is 56.5 Å². The maximum atomic E-state index is 11.4. The molecule has 2 N–H and O–H groups in total. The van der Waals surface area contributed by atoms with Gasteiger partial charge in [0.25, 0.3) is 0 Å². The Kier molecular flexibility index (Phi) is 6.35. The molecule has 0 aliphatic carbocycles. The molecular weight excluding hydrogens is 216 g/mol. The Balaban J connectivity index is 3.96. The van der Waals surface area contributed by atoms with Gasteiger partial charge in [0, 0.05) is 19.1 Å². The zero-order valence-electron chi connectivity index (χ0n) is 9.90. The fraction of sp³-hybridized carbons (Fsp3) is 1.00. The first-order valence-electron chi connectivity index (χ1n) is 5.10. The highest BCUT2D eigenvalue weighted by Crippen LogP contribution is 1.97. The highest BCUT2D eigenvalue weighted by molar-refractivity contribution is 7.90. The van der Waals surface area contributed by atoms with Gasteiger partial charge < -0.3 is 10.0 Å². The summed E-state index contributed by atoms with van der Waals surface area (Å²) in [5.74, 6) is 0. The van der Waals surface area contributed by atoms with Crippen LogP contribution in [0.5, 0.6) is 0 Å². The second kappa shape index (κ2) is 6.42. The molecule has 0 saturated heterocycles. The second-order valence-electron chi connectivity index (χ2n) is 4.01. The van der Waals surface area contributed by atoms with E-state index in [4.69, 9.17) is 5.11 Å². The SMILES string of the molecule is CC(C)N(C)CCNS(=O)(=O)C(C)CO. The number of sulfonamides is 1. The maximum Gasteiger partial charge on any atom is 0.216 e. The highest BCUT2D eigenvalue weighted by atomic mass is 32.2. The quantitative estimate of drug-likeness (QED) is 0.635. The lowest BCUT2D eigenvalue weighted by atomic mass is 10.3. The maximum absolute atomic E-state index is 11.4. The van der Waals surface area contributed by atoms with E-state index in [0.29, 0.717) is 19.1 Å². The Hall–Kier alpha value is -0.170. The van der Waals surface area contributed by atoms with E-state index in [0.717, 1.165) is 0 Å². The summed E-state index contributed by atoms with van der Waals surface area (Å²) in [4.78, 5) is 2.05. The van der Waals surface area contributed by atoms with Gasteiger partial charge in [0.15, 0.2) is 0 Å². The van der Waals surface area contributed by atoms with Crippen molar-refractivity contribution in [2.45, 2.75) is 32.1 Å². The number of hydrogen-bond acceptors (Lipinski definition) is 4. The first-order chi connectivity index (χ1) is 6.81. The fourth-order valence-electron chi connectivity index (χ4n) is 0.863. The van der Waals surface area contributed by atoms with Crippen molar-refractivity contribution in [3.8, 4) is 0 Å². The fourth-order valence-corrected chi connectivity index (χ4v) is 1.72. The minimum Gasteiger partial charge on any atom is -0.395 e. The lowest BCUT2D eigenvalue weighted by Crippen LogP contribution is -2.40. The van der Waals surface area contributed by atoms with Crippen molar-refractivity contribution in [1.29, 1.82) is 0 Å². The van der Waals surface area contributed by atoms with E-state index >= 15 is 0 Å². The zero-order valence-corrected chi connectivity index (χ0v) is 10.7. The normalized spacial score (nSPS) is 14.9. The third kappa shape index (κ3) is 5.46. The summed E-state index contributed by atoms with van der Waals surface area (Å²) in [5.41, 5.74) is 0. The molecule has 0 aliphatic heterocycles. The Morgan fingerprint density at radius 1 is 1.33 bits per heavy atom. The summed E-state index contributed by atoms with van der Waals surface area (Å²) < 4.78 is 25.3. The Morgan fingerprint density at radius 3 is 2.27 bits per heavy atom. The van der Waals surface area contributed by atoms with Gasteiger partial charge in [-0.1, -0.05) is 0 Å². The summed E-state index contributed by atoms with van der Waals surface area (Å²) in [5, 5.41) is 7.99. The number of nitrogens with zero attached hydrogens (tertiary/aromatic N) is 1. The van der Waals surface area contributed by atoms with E-state index in [-0.39, 0.29) is 6.61 Å². The van der Waals surface area contributed by atoms with Crippen molar-refractivity contribution in [2.24, 2.45) is 0 Å². The van der Waals surface area contributed by atoms with Crippen LogP contribution < -0.4 is 4.72 Å². The van der Waals surface area contributed by atoms with Crippen LogP contribution in [0.15, 0.2) is 0 Å². The Labute approximate surface area is 92.5 Å². The van der Waals surface area contributed by atoms with E-state index in [1.54, 1.807) is 0 Å². The lowest BCUT2D eigenvalue weighted by Gasteiger charge is -2.21. The number of aliphatic hydroxyl groups is 1. The van der Waals surface area contributed by atoms with Gasteiger partial charge in [0.1, 0.15) is 0 Å². The van der Waals surface area contributed by atoms with Gasteiger partial charge in [-0.05, 0) is 27.8 Å². The molecule has 0 spiro atoms. The summed E-state index contributed by atoms with van der Waals surface area (Å²) in [6, 6.07) is 0.393. The van der Waals surface area contributed by atoms with Crippen LogP contribution in [-0.2, 0) is 10.0 Å². The highest BCUT2D eigenvalue weighted by Gasteiger charge is 2.18. The number of rotatable bonds is 7. The molecule has 1 unspecified atom stereocenters. The topological polar surface area (TPSA) is 69.6 Å². The molecule has 0 aliphatic rings. The van der Waals surface area contributed by atoms with Crippen molar-refractivity contribution >= 4 is 10.0 Å². The van der Waals surface area contributed by atoms with Crippen LogP contribution in [0.3, 0.4) is 0 Å². The van der Waals surface area contributed by atoms with Crippen molar-refractivity contribution in [3.63, 3.8) is 0 Å². The van der Waals surface area contributed by atoms with E-state index in [2.05, 4.69) is 4.72 Å². The smallest absolute Gasteiger partial charge is 0.216 e. The van der Waals surface area contributed by atoms with Gasteiger partial charge in [-0.3, -0.25) is 0 Å². The standard InChI is InChI=1S/C9H22N2O3S/c1-8(2)11(4)6-5-10-15(13,14)9(3)7-12/h8-10,12H,5-7H2,1-4H3. The van der Waals surface area contributed by atoms with Gasteiger partial charge in [-0.15, -0.1) is 0 Å². The molecule has 0 radical (unpaired) electrons. The van der Waals surface area contributed by atoms with E-state index in [1.807, 2.05) is 25.8 Å². The third-order valence-corrected chi connectivity index (χ3v) is 4.25. The Morgan fingerprint density at radius 2 is 1.87 bits per heavy atom. The molecule has 1 atom stereocenters. The minimum atomic E-state index is -3.36. The average Bonchev–Trinajstić information content (AvgIpc) is 2.15. The minimum absolute atomic E-state index is 0.352. The van der Waals surface area contributed by atoms with Gasteiger partial charge in [-0.25, -0.2) is 13.1 Å². The summed E-state index contributed by atoms with van der Waals surface area (Å²) in [7, 11) is -1.42. The van der Waals surface area contributed by atoms with E-state index in [9.17, 15) is 8.42 Å². The van der Waals surface area contributed by atoms with Crippen LogP contribution in [0, 0.1) is 0 Å². The molecule has 0 aromatic rings. The van der Waals surface area contributed by atoms with Crippen molar-refractivity contribution in [1.82, 2.24) is 9.62 Å². The number of nitrogens with one attached hydrogen (secondary N) is 1. The first-order valence-corrected chi connectivity index (χ1v) is 6.65. The zero-order chi connectivity index (χ0) is 12.1. The molecule has 0 amide bonds. The molecule has 6 heteroatoms.